The van der Waals surface area contributed by atoms with Crippen molar-refractivity contribution < 1.29 is 14.2 Å². The molecule has 1 fully saturated rings. The van der Waals surface area contributed by atoms with Crippen molar-refractivity contribution >= 4 is 27.2 Å². The summed E-state index contributed by atoms with van der Waals surface area (Å²) in [6.07, 6.45) is 3.17. The summed E-state index contributed by atoms with van der Waals surface area (Å²) in [4.78, 5) is 4.84. The molecule has 1 saturated carbocycles. The van der Waals surface area contributed by atoms with Crippen molar-refractivity contribution in [1.82, 2.24) is 9.38 Å². The number of aliphatic hydroxyl groups excluding tert-OH is 1. The highest BCUT2D eigenvalue weighted by Crippen LogP contribution is 2.45. The molecule has 0 spiro atoms. The van der Waals surface area contributed by atoms with Crippen molar-refractivity contribution in [1.29, 1.82) is 5.26 Å². The first-order valence-corrected chi connectivity index (χ1v) is 12.3. The third-order valence-electron chi connectivity index (χ3n) is 6.73. The minimum atomic E-state index is -0.889. The summed E-state index contributed by atoms with van der Waals surface area (Å²) in [6.45, 7) is 1.95. The van der Waals surface area contributed by atoms with E-state index in [0.29, 0.717) is 28.4 Å². The van der Waals surface area contributed by atoms with Crippen LogP contribution in [0.15, 0.2) is 64.8 Å². The van der Waals surface area contributed by atoms with Crippen LogP contribution in [-0.4, -0.2) is 14.5 Å². The molecule has 0 saturated heterocycles. The van der Waals surface area contributed by atoms with Gasteiger partial charge in [-0.1, -0.05) is 28.1 Å². The first kappa shape index (κ1) is 22.0. The fourth-order valence-corrected chi connectivity index (χ4v) is 5.20. The van der Waals surface area contributed by atoms with Crippen molar-refractivity contribution in [2.45, 2.75) is 38.4 Å². The van der Waals surface area contributed by atoms with Gasteiger partial charge in [0.2, 0.25) is 0 Å². The molecular formula is C28H21BrFN3O2. The number of aromatic nitrogens is 2. The predicted molar refractivity (Wildman–Crippen MR) is 133 cm³/mol. The van der Waals surface area contributed by atoms with Crippen molar-refractivity contribution in [2.24, 2.45) is 0 Å². The molecule has 1 aliphatic carbocycles. The van der Waals surface area contributed by atoms with E-state index in [1.165, 1.54) is 12.1 Å². The largest absolute Gasteiger partial charge is 0.488 e. The van der Waals surface area contributed by atoms with Gasteiger partial charge >= 0.3 is 0 Å². The summed E-state index contributed by atoms with van der Waals surface area (Å²) in [6, 6.07) is 16.2. The van der Waals surface area contributed by atoms with Crippen molar-refractivity contribution in [3.05, 3.63) is 104 Å². The molecule has 2 aliphatic rings. The van der Waals surface area contributed by atoms with E-state index in [-0.39, 0.29) is 6.61 Å². The topological polar surface area (TPSA) is 70.5 Å². The van der Waals surface area contributed by atoms with E-state index in [1.807, 2.05) is 40.9 Å². The fourth-order valence-electron chi connectivity index (χ4n) is 4.87. The minimum Gasteiger partial charge on any atom is -0.488 e. The Hall–Kier alpha value is -3.47. The first-order valence-electron chi connectivity index (χ1n) is 11.5. The van der Waals surface area contributed by atoms with Gasteiger partial charge in [0.1, 0.15) is 29.9 Å². The van der Waals surface area contributed by atoms with Crippen LogP contribution in [0.4, 0.5) is 4.39 Å². The molecule has 7 heteroatoms. The number of nitriles is 1. The standard InChI is InChI=1S/C28H21BrFN3O2/c1-15(13-31)25-21-6-4-17(10-18(21)14-35-23-12-20(30)5-7-22(23)25)28(34)27-26(16-2-3-16)32-24-11-19(29)8-9-33(24)27/h4-12,16,28,34H,2-3,14H2,1H3/b25-15+. The van der Waals surface area contributed by atoms with Crippen LogP contribution in [0.2, 0.25) is 0 Å². The van der Waals surface area contributed by atoms with Gasteiger partial charge in [-0.2, -0.15) is 5.26 Å². The molecule has 1 N–H and O–H groups in total. The van der Waals surface area contributed by atoms with Crippen LogP contribution in [-0.2, 0) is 6.61 Å². The van der Waals surface area contributed by atoms with E-state index >= 15 is 0 Å². The van der Waals surface area contributed by atoms with Crippen LogP contribution < -0.4 is 4.74 Å². The number of pyridine rings is 1. The zero-order valence-corrected chi connectivity index (χ0v) is 20.5. The van der Waals surface area contributed by atoms with Crippen LogP contribution >= 0.6 is 15.9 Å². The second-order valence-corrected chi connectivity index (χ2v) is 10.0. The van der Waals surface area contributed by atoms with Crippen molar-refractivity contribution in [2.75, 3.05) is 0 Å². The van der Waals surface area contributed by atoms with E-state index in [1.54, 1.807) is 13.0 Å². The molecule has 35 heavy (non-hydrogen) atoms. The highest BCUT2D eigenvalue weighted by atomic mass is 79.9. The molecule has 6 rings (SSSR count). The molecule has 3 heterocycles. The number of nitrogens with zero attached hydrogens (tertiary/aromatic N) is 3. The lowest BCUT2D eigenvalue weighted by atomic mass is 9.89. The van der Waals surface area contributed by atoms with E-state index in [4.69, 9.17) is 9.72 Å². The number of hydrogen-bond acceptors (Lipinski definition) is 4. The Morgan fingerprint density at radius 3 is 2.77 bits per heavy atom. The van der Waals surface area contributed by atoms with Gasteiger partial charge in [-0.25, -0.2) is 9.37 Å². The van der Waals surface area contributed by atoms with Crippen LogP contribution in [0.5, 0.6) is 5.75 Å². The van der Waals surface area contributed by atoms with Gasteiger partial charge in [0.15, 0.2) is 0 Å². The van der Waals surface area contributed by atoms with E-state index in [2.05, 4.69) is 22.0 Å². The van der Waals surface area contributed by atoms with Gasteiger partial charge in [-0.05, 0) is 66.8 Å². The summed E-state index contributed by atoms with van der Waals surface area (Å²) in [5.41, 5.74) is 6.80. The molecule has 1 unspecified atom stereocenters. The zero-order chi connectivity index (χ0) is 24.3. The number of benzene rings is 2. The maximum atomic E-state index is 13.9. The molecule has 1 atom stereocenters. The second kappa shape index (κ2) is 8.33. The van der Waals surface area contributed by atoms with Gasteiger partial charge < -0.3 is 14.2 Å². The number of hydrogen-bond donors (Lipinski definition) is 1. The van der Waals surface area contributed by atoms with Gasteiger partial charge in [-0.15, -0.1) is 0 Å². The maximum absolute atomic E-state index is 13.9. The average Bonchev–Trinajstić information content (AvgIpc) is 3.65. The molecule has 0 radical (unpaired) electrons. The summed E-state index contributed by atoms with van der Waals surface area (Å²) in [5.74, 6) is 0.364. The Kier molecular flexibility index (Phi) is 5.24. The van der Waals surface area contributed by atoms with Crippen molar-refractivity contribution in [3.63, 3.8) is 0 Å². The lowest BCUT2D eigenvalue weighted by molar-refractivity contribution is 0.212. The summed E-state index contributed by atoms with van der Waals surface area (Å²) >= 11 is 3.51. The predicted octanol–water partition coefficient (Wildman–Crippen LogP) is 6.43. The lowest BCUT2D eigenvalue weighted by Crippen LogP contribution is -2.08. The van der Waals surface area contributed by atoms with Gasteiger partial charge in [0.05, 0.1) is 17.5 Å². The molecule has 2 aromatic carbocycles. The van der Waals surface area contributed by atoms with Crippen molar-refractivity contribution in [3.8, 4) is 11.8 Å². The smallest absolute Gasteiger partial charge is 0.138 e. The Balaban J connectivity index is 1.48. The third kappa shape index (κ3) is 3.74. The van der Waals surface area contributed by atoms with Gasteiger partial charge in [-0.3, -0.25) is 0 Å². The summed E-state index contributed by atoms with van der Waals surface area (Å²) in [7, 11) is 0. The van der Waals surface area contributed by atoms with Crippen LogP contribution in [0.25, 0.3) is 11.2 Å². The molecule has 5 nitrogen and oxygen atoms in total. The molecule has 174 valence electrons. The molecule has 0 bridgehead atoms. The summed E-state index contributed by atoms with van der Waals surface area (Å²) < 4.78 is 22.8. The average molecular weight is 530 g/mol. The van der Waals surface area contributed by atoms with E-state index < -0.39 is 11.9 Å². The quantitative estimate of drug-likeness (QED) is 0.310. The number of allylic oxidation sites excluding steroid dienone is 1. The molecule has 1 aliphatic heterocycles. The highest BCUT2D eigenvalue weighted by molar-refractivity contribution is 9.10. The second-order valence-electron chi connectivity index (χ2n) is 9.09. The fraction of sp³-hybridized carbons (Fsp3) is 0.214. The minimum absolute atomic E-state index is 0.199. The van der Waals surface area contributed by atoms with Gasteiger partial charge in [0.25, 0.3) is 0 Å². The highest BCUT2D eigenvalue weighted by Gasteiger charge is 2.33. The van der Waals surface area contributed by atoms with E-state index in [9.17, 15) is 14.8 Å². The summed E-state index contributed by atoms with van der Waals surface area (Å²) in [5, 5.41) is 21.3. The number of rotatable bonds is 3. The number of halogens is 2. The Bertz CT molecular complexity index is 1580. The Labute approximate surface area is 210 Å². The lowest BCUT2D eigenvalue weighted by Gasteiger charge is -2.17. The molecule has 4 aromatic rings. The number of imidazole rings is 1. The number of fused-ring (bicyclic) bond motifs is 3. The SMILES string of the molecule is C/C(C#N)=C1/c2ccc(C(O)c3c(C4CC4)nc4cc(Br)ccn34)cc2COc2cc(F)ccc21. The Morgan fingerprint density at radius 1 is 1.20 bits per heavy atom. The monoisotopic (exact) mass is 529 g/mol. The number of aliphatic hydroxyl groups is 1. The molecule has 2 aromatic heterocycles. The molecule has 0 amide bonds. The van der Waals surface area contributed by atoms with Gasteiger partial charge in [0, 0.05) is 39.4 Å². The Morgan fingerprint density at radius 2 is 2.00 bits per heavy atom. The maximum Gasteiger partial charge on any atom is 0.138 e. The van der Waals surface area contributed by atoms with Crippen LogP contribution in [0.3, 0.4) is 0 Å². The third-order valence-corrected chi connectivity index (χ3v) is 7.22. The molecular weight excluding hydrogens is 509 g/mol. The van der Waals surface area contributed by atoms with Crippen LogP contribution in [0.1, 0.15) is 65.4 Å². The zero-order valence-electron chi connectivity index (χ0n) is 18.9. The van der Waals surface area contributed by atoms with E-state index in [0.717, 1.165) is 51.0 Å². The normalized spacial score (nSPS) is 17.1. The number of ether oxygens (including phenoxy) is 1. The first-order chi connectivity index (χ1) is 16.9. The van der Waals surface area contributed by atoms with Crippen LogP contribution in [0, 0.1) is 17.1 Å².